The summed E-state index contributed by atoms with van der Waals surface area (Å²) in [7, 11) is 0. The highest BCUT2D eigenvalue weighted by atomic mass is 19.4. The molecule has 2 aromatic heterocycles. The van der Waals surface area contributed by atoms with Gasteiger partial charge in [0.15, 0.2) is 0 Å². The van der Waals surface area contributed by atoms with Crippen LogP contribution in [0.1, 0.15) is 33.4 Å². The van der Waals surface area contributed by atoms with Crippen molar-refractivity contribution >= 4 is 43.6 Å². The minimum atomic E-state index is -4.85. The van der Waals surface area contributed by atoms with Crippen LogP contribution in [0.15, 0.2) is 158 Å². The third-order valence-electron chi connectivity index (χ3n) is 11.6. The molecule has 0 bridgehead atoms. The first-order chi connectivity index (χ1) is 31.1. The second-order valence-electron chi connectivity index (χ2n) is 15.3. The summed E-state index contributed by atoms with van der Waals surface area (Å²) in [6.45, 7) is 0. The summed E-state index contributed by atoms with van der Waals surface area (Å²) in [5.41, 5.74) is 6.22. The second-order valence-corrected chi connectivity index (χ2v) is 15.3. The van der Waals surface area contributed by atoms with Gasteiger partial charge < -0.3 is 9.13 Å². The van der Waals surface area contributed by atoms with Gasteiger partial charge in [-0.2, -0.15) is 39.5 Å². The fourth-order valence-electron chi connectivity index (χ4n) is 8.83. The number of para-hydroxylation sites is 2. The third kappa shape index (κ3) is 6.34. The predicted molar refractivity (Wildman–Crippen MR) is 240 cm³/mol. The fraction of sp³-hybridized carbons (Fsp3) is 0.0185. The van der Waals surface area contributed by atoms with Gasteiger partial charge in [0.05, 0.1) is 97.2 Å². The van der Waals surface area contributed by atoms with Crippen LogP contribution in [0.25, 0.3) is 88.4 Å². The van der Waals surface area contributed by atoms with Crippen LogP contribution in [-0.4, -0.2) is 9.13 Å². The molecule has 0 aliphatic rings. The first-order valence-corrected chi connectivity index (χ1v) is 19.8. The Morgan fingerprint density at radius 1 is 0.344 bits per heavy atom. The molecule has 7 nitrogen and oxygen atoms in total. The average Bonchev–Trinajstić information content (AvgIpc) is 3.84. The minimum Gasteiger partial charge on any atom is -0.307 e. The van der Waals surface area contributed by atoms with E-state index in [0.29, 0.717) is 61.1 Å². The maximum atomic E-state index is 15.8. The zero-order valence-corrected chi connectivity index (χ0v) is 33.3. The van der Waals surface area contributed by atoms with Crippen molar-refractivity contribution < 1.29 is 13.2 Å². The Morgan fingerprint density at radius 2 is 0.766 bits per heavy atom. The lowest BCUT2D eigenvalue weighted by Gasteiger charge is -2.22. The lowest BCUT2D eigenvalue weighted by atomic mass is 9.95. The van der Waals surface area contributed by atoms with Crippen molar-refractivity contribution in [2.24, 2.45) is 0 Å². The highest BCUT2D eigenvalue weighted by molar-refractivity contribution is 6.13. The summed E-state index contributed by atoms with van der Waals surface area (Å²) in [4.78, 5) is 0. The summed E-state index contributed by atoms with van der Waals surface area (Å²) in [6.07, 6.45) is -4.85. The monoisotopic (exact) mass is 829 g/mol. The van der Waals surface area contributed by atoms with Gasteiger partial charge in [-0.1, -0.05) is 72.8 Å². The van der Waals surface area contributed by atoms with Gasteiger partial charge >= 0.3 is 6.18 Å². The molecule has 2 heterocycles. The standard InChI is InChI=1S/C54H26F3N7/c55-54(56,57)47-26-53(64-49-11-4-2-9-43(49)45-15-13-38(24-51(45)64)41-21-35(30-61)17-36(22-41)31-62)52(25-46(47)39-7-5-6-32(18-39)27-58)63-48-10-3-1-8-42(48)44-14-12-37(23-50(44)63)40-19-33(28-59)16-34(20-40)29-60/h1-26H. The highest BCUT2D eigenvalue weighted by Crippen LogP contribution is 2.46. The Kier molecular flexibility index (Phi) is 9.06. The van der Waals surface area contributed by atoms with E-state index in [0.717, 1.165) is 21.5 Å². The number of halogens is 3. The third-order valence-corrected chi connectivity index (χ3v) is 11.6. The number of rotatable bonds is 5. The lowest BCUT2D eigenvalue weighted by molar-refractivity contribution is -0.137. The molecule has 64 heavy (non-hydrogen) atoms. The fourth-order valence-corrected chi connectivity index (χ4v) is 8.83. The zero-order chi connectivity index (χ0) is 44.3. The number of benzene rings is 8. The van der Waals surface area contributed by atoms with E-state index in [1.54, 1.807) is 42.5 Å². The Balaban J connectivity index is 1.37. The van der Waals surface area contributed by atoms with Crippen molar-refractivity contribution in [3.8, 4) is 75.1 Å². The maximum absolute atomic E-state index is 15.8. The number of hydrogen-bond acceptors (Lipinski definition) is 5. The van der Waals surface area contributed by atoms with Gasteiger partial charge in [-0.25, -0.2) is 0 Å². The van der Waals surface area contributed by atoms with Gasteiger partial charge in [0.25, 0.3) is 0 Å². The van der Waals surface area contributed by atoms with Crippen LogP contribution in [0.2, 0.25) is 0 Å². The van der Waals surface area contributed by atoms with Gasteiger partial charge in [-0.3, -0.25) is 0 Å². The number of fused-ring (bicyclic) bond motifs is 6. The van der Waals surface area contributed by atoms with Crippen molar-refractivity contribution in [3.63, 3.8) is 0 Å². The van der Waals surface area contributed by atoms with Gasteiger partial charge in [0, 0.05) is 21.5 Å². The molecule has 0 radical (unpaired) electrons. The van der Waals surface area contributed by atoms with Crippen molar-refractivity contribution in [1.29, 1.82) is 26.3 Å². The van der Waals surface area contributed by atoms with Gasteiger partial charge in [0.1, 0.15) is 0 Å². The maximum Gasteiger partial charge on any atom is 0.417 e. The number of hydrogen-bond donors (Lipinski definition) is 0. The molecule has 0 aliphatic carbocycles. The Labute approximate surface area is 363 Å². The Bertz CT molecular complexity index is 3790. The van der Waals surface area contributed by atoms with E-state index < -0.39 is 11.7 Å². The summed E-state index contributed by atoms with van der Waals surface area (Å²) in [5.74, 6) is 0. The average molecular weight is 830 g/mol. The lowest BCUT2D eigenvalue weighted by Crippen LogP contribution is -2.12. The zero-order valence-electron chi connectivity index (χ0n) is 33.3. The van der Waals surface area contributed by atoms with E-state index in [2.05, 4.69) is 30.3 Å². The predicted octanol–water partition coefficient (Wildman–Crippen LogP) is 13.3. The number of nitrogens with zero attached hydrogens (tertiary/aromatic N) is 7. The molecule has 0 atom stereocenters. The molecule has 298 valence electrons. The van der Waals surface area contributed by atoms with E-state index in [1.807, 2.05) is 94.1 Å². The largest absolute Gasteiger partial charge is 0.417 e. The van der Waals surface area contributed by atoms with Crippen LogP contribution in [0.3, 0.4) is 0 Å². The molecule has 8 aromatic carbocycles. The van der Waals surface area contributed by atoms with E-state index in [-0.39, 0.29) is 33.5 Å². The molecule has 0 unspecified atom stereocenters. The summed E-state index contributed by atoms with van der Waals surface area (Å²) in [6, 6.07) is 55.7. The smallest absolute Gasteiger partial charge is 0.307 e. The first kappa shape index (κ1) is 38.8. The van der Waals surface area contributed by atoms with Crippen LogP contribution in [0.4, 0.5) is 13.2 Å². The molecule has 0 amide bonds. The van der Waals surface area contributed by atoms with E-state index in [1.165, 1.54) is 30.3 Å². The highest BCUT2D eigenvalue weighted by Gasteiger charge is 2.36. The molecule has 0 N–H and O–H groups in total. The quantitative estimate of drug-likeness (QED) is 0.171. The first-order valence-electron chi connectivity index (χ1n) is 19.8. The summed E-state index contributed by atoms with van der Waals surface area (Å²) < 4.78 is 51.0. The van der Waals surface area contributed by atoms with Gasteiger partial charge in [-0.15, -0.1) is 0 Å². The van der Waals surface area contributed by atoms with Crippen molar-refractivity contribution in [2.45, 2.75) is 6.18 Å². The molecule has 0 fully saturated rings. The normalized spacial score (nSPS) is 11.3. The molecular weight excluding hydrogens is 804 g/mol. The number of aromatic nitrogens is 2. The Hall–Kier alpha value is -9.40. The molecule has 0 saturated heterocycles. The van der Waals surface area contributed by atoms with Crippen LogP contribution in [-0.2, 0) is 6.18 Å². The Morgan fingerprint density at radius 3 is 1.22 bits per heavy atom. The molecule has 10 rings (SSSR count). The molecule has 0 aliphatic heterocycles. The topological polar surface area (TPSA) is 129 Å². The van der Waals surface area contributed by atoms with Crippen molar-refractivity contribution in [2.75, 3.05) is 0 Å². The number of nitriles is 5. The second kappa shape index (κ2) is 14.9. The van der Waals surface area contributed by atoms with Crippen LogP contribution in [0.5, 0.6) is 0 Å². The van der Waals surface area contributed by atoms with Crippen LogP contribution in [0, 0.1) is 56.7 Å². The van der Waals surface area contributed by atoms with Crippen LogP contribution >= 0.6 is 0 Å². The summed E-state index contributed by atoms with van der Waals surface area (Å²) >= 11 is 0. The minimum absolute atomic E-state index is 0.135. The van der Waals surface area contributed by atoms with Crippen LogP contribution < -0.4 is 0 Å². The van der Waals surface area contributed by atoms with E-state index in [9.17, 15) is 26.3 Å². The molecule has 0 spiro atoms. The van der Waals surface area contributed by atoms with E-state index in [4.69, 9.17) is 0 Å². The van der Waals surface area contributed by atoms with E-state index >= 15 is 13.2 Å². The molecule has 0 saturated carbocycles. The number of alkyl halides is 3. The van der Waals surface area contributed by atoms with Crippen molar-refractivity contribution in [3.05, 3.63) is 191 Å². The van der Waals surface area contributed by atoms with Gasteiger partial charge in [0.2, 0.25) is 0 Å². The van der Waals surface area contributed by atoms with Crippen molar-refractivity contribution in [1.82, 2.24) is 9.13 Å². The molecular formula is C54H26F3N7. The molecule has 10 heteroatoms. The SMILES string of the molecule is N#Cc1cc(C#N)cc(-c2ccc3c4ccccc4n(-c4cc(-c5cccc(C#N)c5)c(C(F)(F)F)cc4-n4c5ccccc5c5ccc(-c6cc(C#N)cc(C#N)c6)cc54)c3c2)c1. The van der Waals surface area contributed by atoms with Gasteiger partial charge in [-0.05, 0) is 118 Å². The molecule has 10 aromatic rings. The summed E-state index contributed by atoms with van der Waals surface area (Å²) in [5, 5.41) is 52.3.